The van der Waals surface area contributed by atoms with Crippen LogP contribution in [0.5, 0.6) is 0 Å². The molecule has 1 heterocycles. The second kappa shape index (κ2) is 3.34. The molecule has 1 N–H and O–H groups in total. The maximum atomic E-state index is 12.0. The maximum absolute atomic E-state index is 12.0. The predicted octanol–water partition coefficient (Wildman–Crippen LogP) is 2.22. The monoisotopic (exact) mass is 289 g/mol. The van der Waals surface area contributed by atoms with Gasteiger partial charge in [-0.3, -0.25) is 0 Å². The Labute approximate surface area is 86.2 Å². The Morgan fingerprint density at radius 1 is 1.36 bits per heavy atom. The smallest absolute Gasteiger partial charge is 0.197 e. The van der Waals surface area contributed by atoms with Crippen LogP contribution in [0.25, 0.3) is 0 Å². The van der Waals surface area contributed by atoms with Gasteiger partial charge in [0.25, 0.3) is 0 Å². The zero-order chi connectivity index (χ0) is 11.2. The van der Waals surface area contributed by atoms with Crippen LogP contribution in [-0.2, 0) is 10.2 Å². The van der Waals surface area contributed by atoms with Crippen molar-refractivity contribution in [3.63, 3.8) is 0 Å². The average Bonchev–Trinajstić information content (AvgIpc) is 1.76. The molecule has 0 aromatic heterocycles. The molecule has 0 fully saturated rings. The second-order valence-corrected chi connectivity index (χ2v) is 8.55. The van der Waals surface area contributed by atoms with E-state index in [-0.39, 0.29) is 0 Å². The molecular formula is C2HCl2F3N3O2PS. The van der Waals surface area contributed by atoms with E-state index in [0.29, 0.717) is 0 Å². The molecule has 12 heteroatoms. The molecule has 1 rings (SSSR count). The highest BCUT2D eigenvalue weighted by atomic mass is 35.9. The van der Waals surface area contributed by atoms with E-state index in [0.717, 1.165) is 0 Å². The lowest BCUT2D eigenvalue weighted by molar-refractivity contribution is -0.0594. The van der Waals surface area contributed by atoms with Crippen molar-refractivity contribution in [3.8, 4) is 0 Å². The Morgan fingerprint density at radius 3 is 2.21 bits per heavy atom. The number of amidine groups is 1. The third-order valence-corrected chi connectivity index (χ3v) is 5.26. The van der Waals surface area contributed by atoms with Crippen molar-refractivity contribution in [2.75, 3.05) is 0 Å². The van der Waals surface area contributed by atoms with Crippen LogP contribution in [0.2, 0.25) is 0 Å². The van der Waals surface area contributed by atoms with E-state index in [1.807, 2.05) is 0 Å². The molecule has 0 aliphatic carbocycles. The normalized spacial score (nSPS) is 25.1. The van der Waals surface area contributed by atoms with Gasteiger partial charge < -0.3 is 0 Å². The first kappa shape index (κ1) is 12.3. The van der Waals surface area contributed by atoms with Gasteiger partial charge in [0, 0.05) is 0 Å². The van der Waals surface area contributed by atoms with E-state index >= 15 is 0 Å². The Kier molecular flexibility index (Phi) is 2.93. The number of hydrogen-bond acceptors (Lipinski definition) is 3. The first-order valence-electron chi connectivity index (χ1n) is 2.75. The van der Waals surface area contributed by atoms with E-state index in [2.05, 4.69) is 9.14 Å². The van der Waals surface area contributed by atoms with Crippen molar-refractivity contribution >= 4 is 44.4 Å². The summed E-state index contributed by atoms with van der Waals surface area (Å²) in [6, 6.07) is 0. The fourth-order valence-electron chi connectivity index (χ4n) is 0.539. The van der Waals surface area contributed by atoms with Crippen LogP contribution in [0.4, 0.5) is 13.2 Å². The van der Waals surface area contributed by atoms with Crippen LogP contribution in [0.1, 0.15) is 0 Å². The zero-order valence-electron chi connectivity index (χ0n) is 5.96. The third-order valence-electron chi connectivity index (χ3n) is 0.906. The standard InChI is InChI=1S/C2HCl2F3N3O2PS/c3-13(4)8-1(2(5,6)7)9-14(11,12)10-13/h10H. The van der Waals surface area contributed by atoms with Crippen LogP contribution < -0.4 is 4.49 Å². The van der Waals surface area contributed by atoms with Crippen molar-refractivity contribution in [1.82, 2.24) is 4.49 Å². The number of alkyl halides is 3. The molecule has 0 saturated carbocycles. The van der Waals surface area contributed by atoms with Gasteiger partial charge in [0.2, 0.25) is 11.7 Å². The van der Waals surface area contributed by atoms with Gasteiger partial charge in [-0.1, -0.05) is 0 Å². The Morgan fingerprint density at radius 2 is 1.86 bits per heavy atom. The number of nitrogens with zero attached hydrogens (tertiary/aromatic N) is 2. The molecule has 5 nitrogen and oxygen atoms in total. The predicted molar refractivity (Wildman–Crippen MR) is 46.6 cm³/mol. The molecule has 82 valence electrons. The van der Waals surface area contributed by atoms with Crippen molar-refractivity contribution in [3.05, 3.63) is 0 Å². The highest BCUT2D eigenvalue weighted by Crippen LogP contribution is 2.58. The molecule has 0 atom stereocenters. The third kappa shape index (κ3) is 3.09. The summed E-state index contributed by atoms with van der Waals surface area (Å²) >= 11 is 10.4. The molecule has 1 aliphatic rings. The molecule has 0 aromatic carbocycles. The van der Waals surface area contributed by atoms with Crippen LogP contribution in [0.15, 0.2) is 9.14 Å². The first-order chi connectivity index (χ1) is 6.02. The average molecular weight is 290 g/mol. The van der Waals surface area contributed by atoms with Crippen LogP contribution >= 0.6 is 28.4 Å². The Hall–Kier alpha value is 0.180. The summed E-state index contributed by atoms with van der Waals surface area (Å²) < 4.78 is 64.1. The molecule has 0 radical (unpaired) electrons. The molecule has 0 spiro atoms. The summed E-state index contributed by atoms with van der Waals surface area (Å²) in [6.07, 6.45) is -5.00. The maximum Gasteiger partial charge on any atom is 0.452 e. The largest absolute Gasteiger partial charge is 0.452 e. The lowest BCUT2D eigenvalue weighted by Crippen LogP contribution is -2.29. The van der Waals surface area contributed by atoms with Gasteiger partial charge >= 0.3 is 16.4 Å². The molecule has 0 aromatic rings. The van der Waals surface area contributed by atoms with Gasteiger partial charge in [0.05, 0.1) is 0 Å². The van der Waals surface area contributed by atoms with Gasteiger partial charge in [0.15, 0.2) is 0 Å². The topological polar surface area (TPSA) is 70.9 Å². The summed E-state index contributed by atoms with van der Waals surface area (Å²) in [5.74, 6) is -5.58. The molecular weight excluding hydrogens is 289 g/mol. The minimum Gasteiger partial charge on any atom is -0.197 e. The molecule has 14 heavy (non-hydrogen) atoms. The number of rotatable bonds is 0. The van der Waals surface area contributed by atoms with Crippen molar-refractivity contribution in [1.29, 1.82) is 0 Å². The van der Waals surface area contributed by atoms with Gasteiger partial charge in [0.1, 0.15) is 0 Å². The summed E-state index contributed by atoms with van der Waals surface area (Å²) in [5, 5.41) is 0. The van der Waals surface area contributed by atoms with Crippen molar-refractivity contribution in [2.24, 2.45) is 9.14 Å². The molecule has 0 unspecified atom stereocenters. The summed E-state index contributed by atoms with van der Waals surface area (Å²) in [4.78, 5) is 0. The molecule has 1 aliphatic heterocycles. The quantitative estimate of drug-likeness (QED) is 0.695. The zero-order valence-corrected chi connectivity index (χ0v) is 9.18. The van der Waals surface area contributed by atoms with E-state index in [9.17, 15) is 21.6 Å². The number of nitrogens with one attached hydrogen (secondary N) is 1. The highest BCUT2D eigenvalue weighted by Gasteiger charge is 2.42. The molecule has 0 amide bonds. The minimum absolute atomic E-state index is 1.49. The van der Waals surface area contributed by atoms with Crippen LogP contribution in [0, 0.1) is 0 Å². The first-order valence-corrected chi connectivity index (χ1v) is 7.74. The lowest BCUT2D eigenvalue weighted by Gasteiger charge is -2.16. The second-order valence-electron chi connectivity index (χ2n) is 2.06. The van der Waals surface area contributed by atoms with Gasteiger partial charge in [-0.2, -0.15) is 26.3 Å². The van der Waals surface area contributed by atoms with Gasteiger partial charge in [-0.05, 0) is 22.5 Å². The van der Waals surface area contributed by atoms with E-state index in [1.165, 1.54) is 4.49 Å². The van der Waals surface area contributed by atoms with Crippen LogP contribution in [0.3, 0.4) is 0 Å². The summed E-state index contributed by atoms with van der Waals surface area (Å²) in [5.41, 5.74) is 0. The SMILES string of the molecule is O=S1(=O)N=C(C(F)(F)F)N=P(Cl)(Cl)N1. The van der Waals surface area contributed by atoms with E-state index < -0.39 is 28.1 Å². The lowest BCUT2D eigenvalue weighted by atomic mass is 10.6. The van der Waals surface area contributed by atoms with E-state index in [4.69, 9.17) is 22.5 Å². The number of halogens is 5. The van der Waals surface area contributed by atoms with Gasteiger partial charge in [-0.25, -0.2) is 0 Å². The Bertz CT molecular complexity index is 435. The van der Waals surface area contributed by atoms with Crippen molar-refractivity contribution in [2.45, 2.75) is 6.18 Å². The van der Waals surface area contributed by atoms with Gasteiger partial charge in [-0.15, -0.1) is 8.89 Å². The van der Waals surface area contributed by atoms with Crippen LogP contribution in [-0.4, -0.2) is 20.4 Å². The fraction of sp³-hybridized carbons (Fsp3) is 0.500. The Balaban J connectivity index is 3.33. The van der Waals surface area contributed by atoms with E-state index in [1.54, 1.807) is 0 Å². The molecule has 0 saturated heterocycles. The summed E-state index contributed by atoms with van der Waals surface area (Å²) in [7, 11) is -4.51. The number of hydrogen-bond donors (Lipinski definition) is 1. The highest BCUT2D eigenvalue weighted by molar-refractivity contribution is 8.15. The summed E-state index contributed by atoms with van der Waals surface area (Å²) in [6.45, 7) is 0. The molecule has 0 bridgehead atoms. The van der Waals surface area contributed by atoms with Crippen molar-refractivity contribution < 1.29 is 21.6 Å². The fourth-order valence-corrected chi connectivity index (χ4v) is 4.80. The minimum atomic E-state index is -5.00.